The van der Waals surface area contributed by atoms with Gasteiger partial charge in [-0.1, -0.05) is 24.3 Å². The molecular formula is C14H10F3NO4S. The lowest BCUT2D eigenvalue weighted by molar-refractivity contribution is -0.385. The molecule has 0 spiro atoms. The van der Waals surface area contributed by atoms with Gasteiger partial charge in [-0.15, -0.1) is 0 Å². The zero-order chi connectivity index (χ0) is 17.3. The van der Waals surface area contributed by atoms with Gasteiger partial charge in [0.05, 0.1) is 21.1 Å². The average Bonchev–Trinajstić information content (AvgIpc) is 2.47. The van der Waals surface area contributed by atoms with Gasteiger partial charge in [-0.05, 0) is 17.7 Å². The molecule has 122 valence electrons. The molecule has 5 nitrogen and oxygen atoms in total. The predicted molar refractivity (Wildman–Crippen MR) is 75.4 cm³/mol. The first-order valence-electron chi connectivity index (χ1n) is 6.23. The Kier molecular flexibility index (Phi) is 4.42. The van der Waals surface area contributed by atoms with Crippen LogP contribution in [0, 0.1) is 10.1 Å². The summed E-state index contributed by atoms with van der Waals surface area (Å²) < 4.78 is 63.6. The van der Waals surface area contributed by atoms with Crippen LogP contribution in [0.1, 0.15) is 11.1 Å². The first-order chi connectivity index (χ1) is 10.6. The van der Waals surface area contributed by atoms with Crippen molar-refractivity contribution in [2.45, 2.75) is 16.8 Å². The van der Waals surface area contributed by atoms with Crippen molar-refractivity contribution < 1.29 is 26.5 Å². The lowest BCUT2D eigenvalue weighted by atomic mass is 10.1. The second kappa shape index (κ2) is 5.99. The SMILES string of the molecule is O=[N+]([O-])c1ccc(CS(=O)(=O)c2ccccc2)c(C(F)(F)F)c1. The van der Waals surface area contributed by atoms with Crippen molar-refractivity contribution >= 4 is 15.5 Å². The first kappa shape index (κ1) is 16.9. The Hall–Kier alpha value is -2.42. The molecule has 0 aliphatic rings. The largest absolute Gasteiger partial charge is 0.416 e. The number of benzene rings is 2. The number of sulfone groups is 1. The minimum absolute atomic E-state index is 0.119. The summed E-state index contributed by atoms with van der Waals surface area (Å²) in [5, 5.41) is 10.6. The molecule has 0 fully saturated rings. The van der Waals surface area contributed by atoms with E-state index in [1.807, 2.05) is 0 Å². The molecule has 0 saturated carbocycles. The lowest BCUT2D eigenvalue weighted by Crippen LogP contribution is -2.13. The quantitative estimate of drug-likeness (QED) is 0.627. The molecule has 23 heavy (non-hydrogen) atoms. The third kappa shape index (κ3) is 3.86. The second-order valence-electron chi connectivity index (χ2n) is 4.67. The summed E-state index contributed by atoms with van der Waals surface area (Å²) in [5.74, 6) is -0.899. The van der Waals surface area contributed by atoms with Crippen LogP contribution in [-0.2, 0) is 21.8 Å². The minimum atomic E-state index is -4.90. The van der Waals surface area contributed by atoms with E-state index >= 15 is 0 Å². The van der Waals surface area contributed by atoms with Gasteiger partial charge in [0.1, 0.15) is 0 Å². The van der Waals surface area contributed by atoms with Crippen molar-refractivity contribution in [3.05, 3.63) is 69.8 Å². The second-order valence-corrected chi connectivity index (χ2v) is 6.66. The van der Waals surface area contributed by atoms with Gasteiger partial charge >= 0.3 is 6.18 Å². The summed E-state index contributed by atoms with van der Waals surface area (Å²) in [6.07, 6.45) is -4.90. The van der Waals surface area contributed by atoms with Gasteiger partial charge in [-0.3, -0.25) is 10.1 Å². The van der Waals surface area contributed by atoms with Crippen LogP contribution in [-0.4, -0.2) is 13.3 Å². The van der Waals surface area contributed by atoms with E-state index in [2.05, 4.69) is 0 Å². The minimum Gasteiger partial charge on any atom is -0.258 e. The van der Waals surface area contributed by atoms with Crippen LogP contribution in [0.3, 0.4) is 0 Å². The number of nitro groups is 1. The molecule has 0 heterocycles. The summed E-state index contributed by atoms with van der Waals surface area (Å²) in [4.78, 5) is 9.53. The van der Waals surface area contributed by atoms with Gasteiger partial charge in [0.2, 0.25) is 0 Å². The molecule has 0 aromatic heterocycles. The standard InChI is InChI=1S/C14H10F3NO4S/c15-14(16,17)13-8-11(18(19)20)7-6-10(13)9-23(21,22)12-4-2-1-3-5-12/h1-8H,9H2. The van der Waals surface area contributed by atoms with E-state index in [1.54, 1.807) is 6.07 Å². The Bertz CT molecular complexity index is 833. The highest BCUT2D eigenvalue weighted by atomic mass is 32.2. The summed E-state index contributed by atoms with van der Waals surface area (Å²) in [6.45, 7) is 0. The number of alkyl halides is 3. The summed E-state index contributed by atoms with van der Waals surface area (Å²) in [6, 6.07) is 9.04. The molecule has 0 atom stereocenters. The topological polar surface area (TPSA) is 77.3 Å². The third-order valence-electron chi connectivity index (χ3n) is 3.06. The summed E-state index contributed by atoms with van der Waals surface area (Å²) >= 11 is 0. The monoisotopic (exact) mass is 345 g/mol. The average molecular weight is 345 g/mol. The van der Waals surface area contributed by atoms with E-state index in [4.69, 9.17) is 0 Å². The fraction of sp³-hybridized carbons (Fsp3) is 0.143. The molecule has 2 rings (SSSR count). The fourth-order valence-corrected chi connectivity index (χ4v) is 3.38. The highest BCUT2D eigenvalue weighted by molar-refractivity contribution is 7.90. The molecule has 0 amide bonds. The number of halogens is 3. The van der Waals surface area contributed by atoms with Gasteiger partial charge in [0, 0.05) is 12.1 Å². The van der Waals surface area contributed by atoms with Crippen LogP contribution in [0.4, 0.5) is 18.9 Å². The van der Waals surface area contributed by atoms with Crippen molar-refractivity contribution in [1.82, 2.24) is 0 Å². The Balaban J connectivity index is 2.50. The predicted octanol–water partition coefficient (Wildman–Crippen LogP) is 3.59. The van der Waals surface area contributed by atoms with E-state index < -0.39 is 43.5 Å². The van der Waals surface area contributed by atoms with E-state index in [-0.39, 0.29) is 4.90 Å². The van der Waals surface area contributed by atoms with E-state index in [9.17, 15) is 31.7 Å². The van der Waals surface area contributed by atoms with Gasteiger partial charge in [-0.25, -0.2) is 8.42 Å². The van der Waals surface area contributed by atoms with Crippen LogP contribution in [0.25, 0.3) is 0 Å². The third-order valence-corrected chi connectivity index (χ3v) is 4.74. The normalized spacial score (nSPS) is 12.1. The number of non-ortho nitro benzene ring substituents is 1. The number of hydrogen-bond donors (Lipinski definition) is 0. The van der Waals surface area contributed by atoms with Crippen molar-refractivity contribution in [3.63, 3.8) is 0 Å². The van der Waals surface area contributed by atoms with Crippen molar-refractivity contribution in [2.24, 2.45) is 0 Å². The van der Waals surface area contributed by atoms with Crippen LogP contribution >= 0.6 is 0 Å². The molecular weight excluding hydrogens is 335 g/mol. The smallest absolute Gasteiger partial charge is 0.258 e. The van der Waals surface area contributed by atoms with E-state index in [0.717, 1.165) is 12.1 Å². The number of hydrogen-bond acceptors (Lipinski definition) is 4. The Morgan fingerprint density at radius 2 is 1.65 bits per heavy atom. The maximum Gasteiger partial charge on any atom is 0.416 e. The van der Waals surface area contributed by atoms with E-state index in [1.165, 1.54) is 24.3 Å². The molecule has 0 saturated heterocycles. The van der Waals surface area contributed by atoms with Crippen LogP contribution in [0.5, 0.6) is 0 Å². The molecule has 2 aromatic rings. The fourth-order valence-electron chi connectivity index (χ4n) is 1.98. The Morgan fingerprint density at radius 3 is 2.17 bits per heavy atom. The summed E-state index contributed by atoms with van der Waals surface area (Å²) in [5.41, 5.74) is -2.61. The molecule has 0 aliphatic carbocycles. The van der Waals surface area contributed by atoms with Gasteiger partial charge in [-0.2, -0.15) is 13.2 Å². The number of nitrogens with zero attached hydrogens (tertiary/aromatic N) is 1. The van der Waals surface area contributed by atoms with Crippen LogP contribution in [0.15, 0.2) is 53.4 Å². The molecule has 0 N–H and O–H groups in total. The highest BCUT2D eigenvalue weighted by Crippen LogP contribution is 2.35. The maximum absolute atomic E-state index is 13.1. The molecule has 0 unspecified atom stereocenters. The van der Waals surface area contributed by atoms with Crippen molar-refractivity contribution in [2.75, 3.05) is 0 Å². The zero-order valence-corrected chi connectivity index (χ0v) is 12.3. The Morgan fingerprint density at radius 1 is 1.04 bits per heavy atom. The molecule has 2 aromatic carbocycles. The van der Waals surface area contributed by atoms with Crippen molar-refractivity contribution in [3.8, 4) is 0 Å². The van der Waals surface area contributed by atoms with Gasteiger partial charge in [0.15, 0.2) is 9.84 Å². The lowest BCUT2D eigenvalue weighted by Gasteiger charge is -2.13. The van der Waals surface area contributed by atoms with Crippen LogP contribution < -0.4 is 0 Å². The van der Waals surface area contributed by atoms with Gasteiger partial charge in [0.25, 0.3) is 5.69 Å². The maximum atomic E-state index is 13.1. The first-order valence-corrected chi connectivity index (χ1v) is 7.89. The van der Waals surface area contributed by atoms with Gasteiger partial charge < -0.3 is 0 Å². The van der Waals surface area contributed by atoms with Crippen molar-refractivity contribution in [1.29, 1.82) is 0 Å². The summed E-state index contributed by atoms with van der Waals surface area (Å²) in [7, 11) is -4.00. The zero-order valence-electron chi connectivity index (χ0n) is 11.4. The Labute approximate surface area is 129 Å². The van der Waals surface area contributed by atoms with E-state index in [0.29, 0.717) is 6.07 Å². The molecule has 9 heteroatoms. The highest BCUT2D eigenvalue weighted by Gasteiger charge is 2.36. The molecule has 0 bridgehead atoms. The van der Waals surface area contributed by atoms with Crippen LogP contribution in [0.2, 0.25) is 0 Å². The number of rotatable bonds is 4. The number of nitro benzene ring substituents is 1. The molecule has 0 radical (unpaired) electrons. The molecule has 0 aliphatic heterocycles.